The van der Waals surface area contributed by atoms with E-state index in [2.05, 4.69) is 58.5 Å². The molecule has 2 aromatic carbocycles. The first-order valence-corrected chi connectivity index (χ1v) is 9.91. The Morgan fingerprint density at radius 3 is 2.48 bits per heavy atom. The van der Waals surface area contributed by atoms with Crippen LogP contribution in [0.2, 0.25) is 0 Å². The fraction of sp³-hybridized carbons (Fsp3) is 0.273. The van der Waals surface area contributed by atoms with Gasteiger partial charge in [-0.3, -0.25) is 4.79 Å². The maximum Gasteiger partial charge on any atom is 0.225 e. The van der Waals surface area contributed by atoms with Crippen molar-refractivity contribution in [3.05, 3.63) is 70.0 Å². The highest BCUT2D eigenvalue weighted by molar-refractivity contribution is 7.12. The Hall–Kier alpha value is -2.66. The van der Waals surface area contributed by atoms with E-state index in [1.807, 2.05) is 32.2 Å². The van der Waals surface area contributed by atoms with Gasteiger partial charge < -0.3 is 10.2 Å². The van der Waals surface area contributed by atoms with Gasteiger partial charge in [0.15, 0.2) is 0 Å². The van der Waals surface area contributed by atoms with E-state index in [1.54, 1.807) is 11.3 Å². The summed E-state index contributed by atoms with van der Waals surface area (Å²) in [5, 5.41) is 4.01. The quantitative estimate of drug-likeness (QED) is 0.668. The normalized spacial score (nSPS) is 10.6. The number of benzene rings is 2. The highest BCUT2D eigenvalue weighted by Crippen LogP contribution is 2.28. The van der Waals surface area contributed by atoms with E-state index < -0.39 is 0 Å². The maximum atomic E-state index is 12.4. The van der Waals surface area contributed by atoms with E-state index >= 15 is 0 Å². The molecule has 0 saturated carbocycles. The largest absolute Gasteiger partial charge is 0.373 e. The number of nitrogens with zero attached hydrogens (tertiary/aromatic N) is 2. The smallest absolute Gasteiger partial charge is 0.225 e. The van der Waals surface area contributed by atoms with Crippen LogP contribution in [-0.2, 0) is 11.2 Å². The van der Waals surface area contributed by atoms with Gasteiger partial charge in [-0.05, 0) is 26.0 Å². The van der Waals surface area contributed by atoms with Crippen LogP contribution < -0.4 is 10.2 Å². The summed E-state index contributed by atoms with van der Waals surface area (Å²) in [5.41, 5.74) is 4.35. The van der Waals surface area contributed by atoms with Gasteiger partial charge in [0.2, 0.25) is 5.91 Å². The van der Waals surface area contributed by atoms with Crippen LogP contribution in [0, 0.1) is 13.8 Å². The molecule has 0 fully saturated rings. The fourth-order valence-corrected chi connectivity index (χ4v) is 3.87. The standard InChI is InChI=1S/C22H25N3OS/c1-16-9-11-18(12-10-16)22-20(27-17(2)24-22)15-21(26)23-13-14-25(3)19-7-5-4-6-8-19/h4-12H,13-15H2,1-3H3,(H,23,26). The van der Waals surface area contributed by atoms with Crippen LogP contribution >= 0.6 is 11.3 Å². The molecular weight excluding hydrogens is 354 g/mol. The zero-order valence-corrected chi connectivity index (χ0v) is 16.8. The molecule has 0 radical (unpaired) electrons. The average Bonchev–Trinajstić information content (AvgIpc) is 3.03. The van der Waals surface area contributed by atoms with Crippen molar-refractivity contribution in [3.8, 4) is 11.3 Å². The van der Waals surface area contributed by atoms with E-state index in [0.29, 0.717) is 13.0 Å². The molecule has 1 amide bonds. The van der Waals surface area contributed by atoms with Crippen molar-refractivity contribution in [1.29, 1.82) is 0 Å². The summed E-state index contributed by atoms with van der Waals surface area (Å²) in [5.74, 6) is 0.0356. The van der Waals surface area contributed by atoms with E-state index in [4.69, 9.17) is 0 Å². The van der Waals surface area contributed by atoms with Crippen molar-refractivity contribution in [3.63, 3.8) is 0 Å². The third-order valence-corrected chi connectivity index (χ3v) is 5.39. The molecule has 0 saturated heterocycles. The van der Waals surface area contributed by atoms with Gasteiger partial charge in [-0.2, -0.15) is 0 Å². The highest BCUT2D eigenvalue weighted by atomic mass is 32.1. The molecule has 1 heterocycles. The summed E-state index contributed by atoms with van der Waals surface area (Å²) >= 11 is 1.60. The number of aromatic nitrogens is 1. The summed E-state index contributed by atoms with van der Waals surface area (Å²) in [4.78, 5) is 20.2. The lowest BCUT2D eigenvalue weighted by Crippen LogP contribution is -2.33. The topological polar surface area (TPSA) is 45.2 Å². The number of nitrogens with one attached hydrogen (secondary N) is 1. The number of para-hydroxylation sites is 1. The molecule has 3 rings (SSSR count). The minimum absolute atomic E-state index is 0.0356. The van der Waals surface area contributed by atoms with Crippen LogP contribution in [0.25, 0.3) is 11.3 Å². The van der Waals surface area contributed by atoms with Gasteiger partial charge in [0, 0.05) is 36.3 Å². The number of carbonyl (C=O) groups is 1. The molecule has 4 nitrogen and oxygen atoms in total. The number of rotatable bonds is 7. The molecule has 140 valence electrons. The number of anilines is 1. The molecule has 0 atom stereocenters. The predicted octanol–water partition coefficient (Wildman–Crippen LogP) is 4.22. The number of amides is 1. The Balaban J connectivity index is 1.57. The number of thiazole rings is 1. The van der Waals surface area contributed by atoms with Crippen LogP contribution in [0.3, 0.4) is 0 Å². The lowest BCUT2D eigenvalue weighted by Gasteiger charge is -2.19. The molecule has 0 bridgehead atoms. The van der Waals surface area contributed by atoms with Crippen LogP contribution in [0.15, 0.2) is 54.6 Å². The van der Waals surface area contributed by atoms with Gasteiger partial charge in [-0.15, -0.1) is 11.3 Å². The van der Waals surface area contributed by atoms with Gasteiger partial charge >= 0.3 is 0 Å². The molecule has 0 unspecified atom stereocenters. The number of carbonyl (C=O) groups excluding carboxylic acids is 1. The SMILES string of the molecule is Cc1ccc(-c2nc(C)sc2CC(=O)NCCN(C)c2ccccc2)cc1. The van der Waals surface area contributed by atoms with Crippen molar-refractivity contribution in [2.45, 2.75) is 20.3 Å². The zero-order valence-electron chi connectivity index (χ0n) is 16.0. The van der Waals surface area contributed by atoms with Crippen molar-refractivity contribution >= 4 is 22.9 Å². The minimum Gasteiger partial charge on any atom is -0.373 e. The van der Waals surface area contributed by atoms with E-state index in [1.165, 1.54) is 5.56 Å². The number of hydrogen-bond acceptors (Lipinski definition) is 4. The van der Waals surface area contributed by atoms with Crippen LogP contribution in [0.1, 0.15) is 15.4 Å². The maximum absolute atomic E-state index is 12.4. The van der Waals surface area contributed by atoms with Gasteiger partial charge in [0.25, 0.3) is 0 Å². The van der Waals surface area contributed by atoms with Gasteiger partial charge in [0.05, 0.1) is 17.1 Å². The van der Waals surface area contributed by atoms with Gasteiger partial charge in [0.1, 0.15) is 0 Å². The van der Waals surface area contributed by atoms with Crippen molar-refractivity contribution < 1.29 is 4.79 Å². The van der Waals surface area contributed by atoms with Gasteiger partial charge in [-0.25, -0.2) is 4.98 Å². The molecule has 1 N–H and O–H groups in total. The first kappa shape index (κ1) is 19.1. The van der Waals surface area contributed by atoms with Gasteiger partial charge in [-0.1, -0.05) is 48.0 Å². The number of likely N-dealkylation sites (N-methyl/N-ethyl adjacent to an activating group) is 1. The predicted molar refractivity (Wildman–Crippen MR) is 113 cm³/mol. The van der Waals surface area contributed by atoms with E-state index in [-0.39, 0.29) is 5.91 Å². The zero-order chi connectivity index (χ0) is 19.2. The Kier molecular flexibility index (Phi) is 6.24. The Morgan fingerprint density at radius 1 is 1.07 bits per heavy atom. The number of hydrogen-bond donors (Lipinski definition) is 1. The summed E-state index contributed by atoms with van der Waals surface area (Å²) in [6, 6.07) is 18.5. The lowest BCUT2D eigenvalue weighted by molar-refractivity contribution is -0.120. The molecule has 27 heavy (non-hydrogen) atoms. The molecule has 0 aliphatic carbocycles. The van der Waals surface area contributed by atoms with Crippen molar-refractivity contribution in [2.75, 3.05) is 25.0 Å². The molecule has 0 aliphatic heterocycles. The lowest BCUT2D eigenvalue weighted by atomic mass is 10.1. The second kappa shape index (κ2) is 8.82. The highest BCUT2D eigenvalue weighted by Gasteiger charge is 2.14. The van der Waals surface area contributed by atoms with Crippen LogP contribution in [-0.4, -0.2) is 31.0 Å². The second-order valence-corrected chi connectivity index (χ2v) is 7.94. The fourth-order valence-electron chi connectivity index (χ4n) is 2.91. The Bertz CT molecular complexity index is 888. The molecule has 0 aliphatic rings. The summed E-state index contributed by atoms with van der Waals surface area (Å²) in [6.07, 6.45) is 0.365. The first-order chi connectivity index (χ1) is 13.0. The Morgan fingerprint density at radius 2 is 1.78 bits per heavy atom. The minimum atomic E-state index is 0.0356. The van der Waals surface area contributed by atoms with Crippen molar-refractivity contribution in [2.24, 2.45) is 0 Å². The molecule has 1 aromatic heterocycles. The van der Waals surface area contributed by atoms with E-state index in [0.717, 1.165) is 33.4 Å². The summed E-state index contributed by atoms with van der Waals surface area (Å²) < 4.78 is 0. The first-order valence-electron chi connectivity index (χ1n) is 9.09. The average molecular weight is 380 g/mol. The van der Waals surface area contributed by atoms with Crippen LogP contribution in [0.4, 0.5) is 5.69 Å². The summed E-state index contributed by atoms with van der Waals surface area (Å²) in [6.45, 7) is 5.43. The molecule has 3 aromatic rings. The van der Waals surface area contributed by atoms with E-state index in [9.17, 15) is 4.79 Å². The second-order valence-electron chi connectivity index (χ2n) is 6.65. The Labute approximate surface area is 164 Å². The molecule has 5 heteroatoms. The third kappa shape index (κ3) is 5.17. The monoisotopic (exact) mass is 379 g/mol. The third-order valence-electron chi connectivity index (χ3n) is 4.42. The molecule has 0 spiro atoms. The summed E-state index contributed by atoms with van der Waals surface area (Å²) in [7, 11) is 2.03. The van der Waals surface area contributed by atoms with Crippen molar-refractivity contribution in [1.82, 2.24) is 10.3 Å². The van der Waals surface area contributed by atoms with Crippen LogP contribution in [0.5, 0.6) is 0 Å². The molecular formula is C22H25N3OS. The number of aryl methyl sites for hydroxylation is 2.